The van der Waals surface area contributed by atoms with Crippen molar-refractivity contribution in [2.75, 3.05) is 20.2 Å². The van der Waals surface area contributed by atoms with Crippen LogP contribution in [0.3, 0.4) is 0 Å². The number of thioether (sulfide) groups is 1. The standard InChI is InChI=1S/C22H26N4O2S/c1-5-26(6-2)21(27)19(16-10-8-7-9-11-16)29-22-24-23-20(25(22)3)17-12-14-18(28-4)15-13-17/h7-15,19H,5-6H2,1-4H3/t19-/m1/s1. The molecule has 6 nitrogen and oxygen atoms in total. The molecule has 0 fully saturated rings. The van der Waals surface area contributed by atoms with Crippen molar-refractivity contribution in [1.82, 2.24) is 19.7 Å². The van der Waals surface area contributed by atoms with Gasteiger partial charge in [0, 0.05) is 25.7 Å². The molecular formula is C22H26N4O2S. The molecule has 1 amide bonds. The summed E-state index contributed by atoms with van der Waals surface area (Å²) in [6.45, 7) is 5.35. The summed E-state index contributed by atoms with van der Waals surface area (Å²) in [7, 11) is 3.56. The van der Waals surface area contributed by atoms with Crippen LogP contribution in [0.15, 0.2) is 59.8 Å². The number of hydrogen-bond donors (Lipinski definition) is 0. The lowest BCUT2D eigenvalue weighted by Crippen LogP contribution is -2.34. The van der Waals surface area contributed by atoms with E-state index < -0.39 is 0 Å². The molecule has 0 aliphatic heterocycles. The van der Waals surface area contributed by atoms with Crippen molar-refractivity contribution in [3.8, 4) is 17.1 Å². The van der Waals surface area contributed by atoms with Crippen molar-refractivity contribution in [3.63, 3.8) is 0 Å². The summed E-state index contributed by atoms with van der Waals surface area (Å²) in [5, 5.41) is 9.05. The molecular weight excluding hydrogens is 384 g/mol. The number of hydrogen-bond acceptors (Lipinski definition) is 5. The third kappa shape index (κ3) is 4.62. The van der Waals surface area contributed by atoms with Gasteiger partial charge in [-0.05, 0) is 43.7 Å². The lowest BCUT2D eigenvalue weighted by atomic mass is 10.1. The molecule has 3 rings (SSSR count). The third-order valence-corrected chi connectivity index (χ3v) is 6.08. The Labute approximate surface area is 175 Å². The van der Waals surface area contributed by atoms with Gasteiger partial charge in [-0.25, -0.2) is 0 Å². The minimum atomic E-state index is -0.372. The molecule has 152 valence electrons. The molecule has 0 spiro atoms. The normalized spacial score (nSPS) is 11.9. The Morgan fingerprint density at radius 2 is 1.72 bits per heavy atom. The van der Waals surface area contributed by atoms with Gasteiger partial charge in [0.25, 0.3) is 0 Å². The van der Waals surface area contributed by atoms with Crippen molar-refractivity contribution in [3.05, 3.63) is 60.2 Å². The van der Waals surface area contributed by atoms with Crippen molar-refractivity contribution >= 4 is 17.7 Å². The zero-order chi connectivity index (χ0) is 20.8. The maximum atomic E-state index is 13.2. The highest BCUT2D eigenvalue weighted by atomic mass is 32.2. The summed E-state index contributed by atoms with van der Waals surface area (Å²) < 4.78 is 7.15. The summed E-state index contributed by atoms with van der Waals surface area (Å²) in [5.74, 6) is 1.62. The van der Waals surface area contributed by atoms with Crippen LogP contribution in [0, 0.1) is 0 Å². The van der Waals surface area contributed by atoms with Crippen LogP contribution in [0.25, 0.3) is 11.4 Å². The van der Waals surface area contributed by atoms with Gasteiger partial charge in [0.15, 0.2) is 11.0 Å². The molecule has 3 aromatic rings. The highest BCUT2D eigenvalue weighted by Gasteiger charge is 2.28. The van der Waals surface area contributed by atoms with E-state index in [4.69, 9.17) is 4.74 Å². The number of amides is 1. The molecule has 29 heavy (non-hydrogen) atoms. The van der Waals surface area contributed by atoms with Crippen LogP contribution in [0.5, 0.6) is 5.75 Å². The molecule has 0 saturated heterocycles. The molecule has 0 unspecified atom stereocenters. The molecule has 2 aromatic carbocycles. The number of benzene rings is 2. The fourth-order valence-electron chi connectivity index (χ4n) is 3.10. The molecule has 1 atom stereocenters. The number of carbonyl (C=O) groups is 1. The van der Waals surface area contributed by atoms with Gasteiger partial charge in [-0.3, -0.25) is 4.79 Å². The second-order valence-electron chi connectivity index (χ2n) is 6.51. The Kier molecular flexibility index (Phi) is 6.93. The van der Waals surface area contributed by atoms with E-state index in [0.717, 1.165) is 22.7 Å². The minimum absolute atomic E-state index is 0.0835. The van der Waals surface area contributed by atoms with E-state index in [-0.39, 0.29) is 11.2 Å². The SMILES string of the molecule is CCN(CC)C(=O)[C@H](Sc1nnc(-c2ccc(OC)cc2)n1C)c1ccccc1. The molecule has 0 bridgehead atoms. The average molecular weight is 411 g/mol. The van der Waals surface area contributed by atoms with Gasteiger partial charge in [0.05, 0.1) is 7.11 Å². The monoisotopic (exact) mass is 410 g/mol. The molecule has 0 saturated carbocycles. The average Bonchev–Trinajstić information content (AvgIpc) is 3.13. The molecule has 7 heteroatoms. The van der Waals surface area contributed by atoms with Crippen LogP contribution in [0.1, 0.15) is 24.7 Å². The van der Waals surface area contributed by atoms with Crippen LogP contribution in [0.4, 0.5) is 0 Å². The van der Waals surface area contributed by atoms with Crippen molar-refractivity contribution in [2.24, 2.45) is 7.05 Å². The van der Waals surface area contributed by atoms with E-state index in [1.54, 1.807) is 7.11 Å². The van der Waals surface area contributed by atoms with Crippen LogP contribution in [-0.2, 0) is 11.8 Å². The topological polar surface area (TPSA) is 60.3 Å². The summed E-state index contributed by atoms with van der Waals surface area (Å²) in [6.07, 6.45) is 0. The van der Waals surface area contributed by atoms with Crippen molar-refractivity contribution < 1.29 is 9.53 Å². The lowest BCUT2D eigenvalue weighted by molar-refractivity contribution is -0.130. The first-order valence-corrected chi connectivity index (χ1v) is 10.5. The van der Waals surface area contributed by atoms with E-state index >= 15 is 0 Å². The molecule has 1 heterocycles. The first kappa shape index (κ1) is 20.9. The number of ether oxygens (including phenoxy) is 1. The second kappa shape index (κ2) is 9.60. The Balaban J connectivity index is 1.91. The molecule has 1 aromatic heterocycles. The predicted octanol–water partition coefficient (Wildman–Crippen LogP) is 4.19. The number of likely N-dealkylation sites (N-methyl/N-ethyl adjacent to an activating group) is 1. The van der Waals surface area contributed by atoms with Crippen molar-refractivity contribution in [2.45, 2.75) is 24.3 Å². The number of rotatable bonds is 8. The molecule has 0 aliphatic carbocycles. The fraction of sp³-hybridized carbons (Fsp3) is 0.318. The Morgan fingerprint density at radius 3 is 2.31 bits per heavy atom. The number of carbonyl (C=O) groups excluding carboxylic acids is 1. The van der Waals surface area contributed by atoms with Gasteiger partial charge in [-0.15, -0.1) is 10.2 Å². The van der Waals surface area contributed by atoms with E-state index in [0.29, 0.717) is 18.2 Å². The summed E-state index contributed by atoms with van der Waals surface area (Å²) in [5.41, 5.74) is 1.90. The van der Waals surface area contributed by atoms with Gasteiger partial charge < -0.3 is 14.2 Å². The first-order valence-electron chi connectivity index (χ1n) is 9.63. The third-order valence-electron chi connectivity index (χ3n) is 4.81. The smallest absolute Gasteiger partial charge is 0.240 e. The van der Waals surface area contributed by atoms with E-state index in [1.165, 1.54) is 11.8 Å². The van der Waals surface area contributed by atoms with E-state index in [2.05, 4.69) is 10.2 Å². The molecule has 0 N–H and O–H groups in total. The quantitative estimate of drug-likeness (QED) is 0.521. The summed E-state index contributed by atoms with van der Waals surface area (Å²) in [4.78, 5) is 15.1. The van der Waals surface area contributed by atoms with Gasteiger partial charge in [0.1, 0.15) is 11.0 Å². The van der Waals surface area contributed by atoms with Gasteiger partial charge in [0.2, 0.25) is 5.91 Å². The highest BCUT2D eigenvalue weighted by Crippen LogP contribution is 2.37. The Bertz CT molecular complexity index is 937. The Morgan fingerprint density at radius 1 is 1.07 bits per heavy atom. The van der Waals surface area contributed by atoms with E-state index in [9.17, 15) is 4.79 Å². The van der Waals surface area contributed by atoms with Crippen LogP contribution in [-0.4, -0.2) is 45.8 Å². The van der Waals surface area contributed by atoms with Crippen molar-refractivity contribution in [1.29, 1.82) is 0 Å². The summed E-state index contributed by atoms with van der Waals surface area (Å²) in [6, 6.07) is 17.5. The predicted molar refractivity (Wildman–Crippen MR) is 116 cm³/mol. The van der Waals surface area contributed by atoms with Gasteiger partial charge >= 0.3 is 0 Å². The molecule has 0 aliphatic rings. The number of aromatic nitrogens is 3. The summed E-state index contributed by atoms with van der Waals surface area (Å²) >= 11 is 1.43. The van der Waals surface area contributed by atoms with Crippen LogP contribution >= 0.6 is 11.8 Å². The largest absolute Gasteiger partial charge is 0.497 e. The number of methoxy groups -OCH3 is 1. The zero-order valence-electron chi connectivity index (χ0n) is 17.2. The second-order valence-corrected chi connectivity index (χ2v) is 7.59. The first-order chi connectivity index (χ1) is 14.1. The van der Waals surface area contributed by atoms with Gasteiger partial charge in [-0.1, -0.05) is 42.1 Å². The highest BCUT2D eigenvalue weighted by molar-refractivity contribution is 8.00. The Hall–Kier alpha value is -2.80. The minimum Gasteiger partial charge on any atom is -0.497 e. The van der Waals surface area contributed by atoms with Crippen LogP contribution < -0.4 is 4.74 Å². The number of nitrogens with zero attached hydrogens (tertiary/aromatic N) is 4. The van der Waals surface area contributed by atoms with Crippen LogP contribution in [0.2, 0.25) is 0 Å². The fourth-order valence-corrected chi connectivity index (χ4v) is 4.19. The molecule has 0 radical (unpaired) electrons. The maximum Gasteiger partial charge on any atom is 0.240 e. The maximum absolute atomic E-state index is 13.2. The van der Waals surface area contributed by atoms with Gasteiger partial charge in [-0.2, -0.15) is 0 Å². The lowest BCUT2D eigenvalue weighted by Gasteiger charge is -2.24. The zero-order valence-corrected chi connectivity index (χ0v) is 18.0. The van der Waals surface area contributed by atoms with E-state index in [1.807, 2.05) is 85.0 Å².